The van der Waals surface area contributed by atoms with Crippen LogP contribution in [-0.2, 0) is 21.5 Å². The van der Waals surface area contributed by atoms with Gasteiger partial charge in [0, 0.05) is 12.6 Å². The summed E-state index contributed by atoms with van der Waals surface area (Å²) in [7, 11) is 3.00. The van der Waals surface area contributed by atoms with E-state index in [9.17, 15) is 14.7 Å². The fourth-order valence-electron chi connectivity index (χ4n) is 4.79. The van der Waals surface area contributed by atoms with Crippen molar-refractivity contribution in [1.82, 2.24) is 4.90 Å². The van der Waals surface area contributed by atoms with Gasteiger partial charge in [0.05, 0.1) is 38.0 Å². The fourth-order valence-corrected chi connectivity index (χ4v) is 4.79. The number of carbonyl (C=O) groups excluding carboxylic acids is 2. The summed E-state index contributed by atoms with van der Waals surface area (Å²) in [5.74, 6) is -0.201. The molecule has 7 nitrogen and oxygen atoms in total. The summed E-state index contributed by atoms with van der Waals surface area (Å²) in [6.45, 7) is 8.94. The Morgan fingerprint density at radius 3 is 2.26 bits per heavy atom. The number of rotatable bonds is 8. The average Bonchev–Trinajstić information content (AvgIpc) is 3.17. The Morgan fingerprint density at radius 2 is 1.64 bits per heavy atom. The number of likely N-dealkylation sites (tertiary alicyclic amines) is 1. The van der Waals surface area contributed by atoms with E-state index in [1.54, 1.807) is 18.2 Å². The van der Waals surface area contributed by atoms with Crippen LogP contribution in [-0.4, -0.2) is 42.5 Å². The Balaban J connectivity index is 1.87. The lowest BCUT2D eigenvalue weighted by molar-refractivity contribution is -0.140. The van der Waals surface area contributed by atoms with Crippen molar-refractivity contribution in [3.05, 3.63) is 94.6 Å². The molecule has 1 amide bonds. The van der Waals surface area contributed by atoms with Crippen LogP contribution in [0.1, 0.15) is 56.0 Å². The van der Waals surface area contributed by atoms with Gasteiger partial charge in [0.25, 0.3) is 11.7 Å². The second kappa shape index (κ2) is 11.2. The van der Waals surface area contributed by atoms with E-state index < -0.39 is 17.7 Å². The van der Waals surface area contributed by atoms with Crippen molar-refractivity contribution in [2.24, 2.45) is 0 Å². The van der Waals surface area contributed by atoms with Crippen LogP contribution in [0.25, 0.3) is 5.76 Å². The van der Waals surface area contributed by atoms with Crippen LogP contribution in [0.5, 0.6) is 17.2 Å². The molecular formula is C32H35NO6. The Bertz CT molecular complexity index is 1400. The average molecular weight is 530 g/mol. The molecule has 1 fully saturated rings. The van der Waals surface area contributed by atoms with Gasteiger partial charge in [-0.1, -0.05) is 57.2 Å². The van der Waals surface area contributed by atoms with E-state index in [4.69, 9.17) is 14.2 Å². The standard InChI is InChI=1S/C32H35NO6/c1-7-39-24-10-8-9-20(17-24)19-33-28(21-11-13-22(14-12-21)32(2,3)4)27(30(35)31(33)36)29(34)25-16-15-23(37-5)18-26(25)38-6/h8-18,28,34H,7,19H2,1-6H3/b29-27-. The van der Waals surface area contributed by atoms with E-state index in [0.29, 0.717) is 29.4 Å². The van der Waals surface area contributed by atoms with Crippen LogP contribution in [0.3, 0.4) is 0 Å². The highest BCUT2D eigenvalue weighted by Crippen LogP contribution is 2.42. The lowest BCUT2D eigenvalue weighted by Crippen LogP contribution is -2.29. The van der Waals surface area contributed by atoms with Crippen LogP contribution in [0.4, 0.5) is 0 Å². The van der Waals surface area contributed by atoms with Gasteiger partial charge in [-0.3, -0.25) is 9.59 Å². The first-order valence-electron chi connectivity index (χ1n) is 12.9. The monoisotopic (exact) mass is 529 g/mol. The van der Waals surface area contributed by atoms with Crippen molar-refractivity contribution in [2.75, 3.05) is 20.8 Å². The highest BCUT2D eigenvalue weighted by molar-refractivity contribution is 6.46. The van der Waals surface area contributed by atoms with Gasteiger partial charge in [0.1, 0.15) is 23.0 Å². The molecule has 0 spiro atoms. The number of carbonyl (C=O) groups is 2. The predicted molar refractivity (Wildman–Crippen MR) is 150 cm³/mol. The smallest absolute Gasteiger partial charge is 0.295 e. The van der Waals surface area contributed by atoms with Crippen molar-refractivity contribution in [3.8, 4) is 17.2 Å². The number of nitrogens with zero attached hydrogens (tertiary/aromatic N) is 1. The molecule has 1 saturated heterocycles. The number of aliphatic hydroxyl groups excluding tert-OH is 1. The van der Waals surface area contributed by atoms with Crippen molar-refractivity contribution < 1.29 is 28.9 Å². The molecule has 0 saturated carbocycles. The van der Waals surface area contributed by atoms with Gasteiger partial charge in [0.2, 0.25) is 0 Å². The van der Waals surface area contributed by atoms with Gasteiger partial charge in [-0.15, -0.1) is 0 Å². The van der Waals surface area contributed by atoms with E-state index >= 15 is 0 Å². The van der Waals surface area contributed by atoms with Crippen LogP contribution in [0.15, 0.2) is 72.3 Å². The Morgan fingerprint density at radius 1 is 0.923 bits per heavy atom. The third kappa shape index (κ3) is 5.62. The first kappa shape index (κ1) is 27.8. The van der Waals surface area contributed by atoms with Gasteiger partial charge < -0.3 is 24.2 Å². The highest BCUT2D eigenvalue weighted by atomic mass is 16.5. The molecule has 1 N–H and O–H groups in total. The maximum Gasteiger partial charge on any atom is 0.295 e. The molecule has 3 aromatic rings. The zero-order chi connectivity index (χ0) is 28.3. The third-order valence-corrected chi connectivity index (χ3v) is 6.86. The third-order valence-electron chi connectivity index (χ3n) is 6.86. The molecule has 0 bridgehead atoms. The summed E-state index contributed by atoms with van der Waals surface area (Å²) in [5.41, 5.74) is 2.87. The second-order valence-electron chi connectivity index (χ2n) is 10.4. The number of benzene rings is 3. The number of methoxy groups -OCH3 is 2. The summed E-state index contributed by atoms with van der Waals surface area (Å²) in [4.78, 5) is 28.5. The van der Waals surface area contributed by atoms with Crippen LogP contribution >= 0.6 is 0 Å². The van der Waals surface area contributed by atoms with Crippen molar-refractivity contribution in [2.45, 2.75) is 45.7 Å². The highest BCUT2D eigenvalue weighted by Gasteiger charge is 2.46. The quantitative estimate of drug-likeness (QED) is 0.218. The number of Topliss-reactive ketones (excluding diaryl/α,β-unsaturated/α-hetero) is 1. The zero-order valence-corrected chi connectivity index (χ0v) is 23.3. The van der Waals surface area contributed by atoms with Gasteiger partial charge in [0.15, 0.2) is 0 Å². The molecule has 1 heterocycles. The summed E-state index contributed by atoms with van der Waals surface area (Å²) >= 11 is 0. The second-order valence-corrected chi connectivity index (χ2v) is 10.4. The summed E-state index contributed by atoms with van der Waals surface area (Å²) in [6.07, 6.45) is 0. The van der Waals surface area contributed by atoms with Crippen molar-refractivity contribution in [3.63, 3.8) is 0 Å². The number of amides is 1. The predicted octanol–water partition coefficient (Wildman–Crippen LogP) is 6.02. The molecule has 1 unspecified atom stereocenters. The molecule has 1 aliphatic heterocycles. The maximum atomic E-state index is 13.5. The van der Waals surface area contributed by atoms with Crippen LogP contribution in [0.2, 0.25) is 0 Å². The number of hydrogen-bond acceptors (Lipinski definition) is 6. The molecule has 204 valence electrons. The Hall–Kier alpha value is -4.26. The Kier molecular flexibility index (Phi) is 8.00. The van der Waals surface area contributed by atoms with Crippen molar-refractivity contribution in [1.29, 1.82) is 0 Å². The SMILES string of the molecule is CCOc1cccc(CN2C(=O)C(=O)/C(=C(\O)c3ccc(OC)cc3OC)C2c2ccc(C(C)(C)C)cc2)c1. The topological polar surface area (TPSA) is 85.3 Å². The molecule has 0 aromatic heterocycles. The normalized spacial score (nSPS) is 16.9. The minimum absolute atomic E-state index is 0.00735. The maximum absolute atomic E-state index is 13.5. The molecule has 3 aromatic carbocycles. The lowest BCUT2D eigenvalue weighted by Gasteiger charge is -2.27. The molecule has 0 aliphatic carbocycles. The largest absolute Gasteiger partial charge is 0.507 e. The first-order valence-corrected chi connectivity index (χ1v) is 12.9. The van der Waals surface area contributed by atoms with E-state index in [0.717, 1.165) is 16.7 Å². The van der Waals surface area contributed by atoms with Crippen LogP contribution < -0.4 is 14.2 Å². The molecule has 0 radical (unpaired) electrons. The minimum Gasteiger partial charge on any atom is -0.507 e. The molecule has 1 atom stereocenters. The van der Waals surface area contributed by atoms with E-state index in [2.05, 4.69) is 20.8 Å². The molecule has 7 heteroatoms. The zero-order valence-electron chi connectivity index (χ0n) is 23.3. The van der Waals surface area contributed by atoms with Gasteiger partial charge in [-0.25, -0.2) is 0 Å². The Labute approximate surface area is 229 Å². The number of aliphatic hydroxyl groups is 1. The fraction of sp³-hybridized carbons (Fsp3) is 0.312. The first-order chi connectivity index (χ1) is 18.6. The van der Waals surface area contributed by atoms with E-state index in [-0.39, 0.29) is 23.3 Å². The number of ether oxygens (including phenoxy) is 3. The molecular weight excluding hydrogens is 494 g/mol. The van der Waals surface area contributed by atoms with E-state index in [1.807, 2.05) is 55.5 Å². The van der Waals surface area contributed by atoms with Gasteiger partial charge in [-0.05, 0) is 53.3 Å². The minimum atomic E-state index is -0.804. The summed E-state index contributed by atoms with van der Waals surface area (Å²) in [5, 5.41) is 11.5. The number of hydrogen-bond donors (Lipinski definition) is 1. The van der Waals surface area contributed by atoms with Crippen molar-refractivity contribution >= 4 is 17.4 Å². The van der Waals surface area contributed by atoms with Gasteiger partial charge >= 0.3 is 0 Å². The molecule has 4 rings (SSSR count). The van der Waals surface area contributed by atoms with Gasteiger partial charge in [-0.2, -0.15) is 0 Å². The van der Waals surface area contributed by atoms with E-state index in [1.165, 1.54) is 19.1 Å². The summed E-state index contributed by atoms with van der Waals surface area (Å²) in [6, 6.07) is 19.4. The molecule has 1 aliphatic rings. The van der Waals surface area contributed by atoms with Crippen LogP contribution in [0, 0.1) is 0 Å². The lowest BCUT2D eigenvalue weighted by atomic mass is 9.85. The summed E-state index contributed by atoms with van der Waals surface area (Å²) < 4.78 is 16.4. The number of ketones is 1. The molecule has 39 heavy (non-hydrogen) atoms.